The standard InChI is InChI=1S/C12H8N3/c1-2-4-13-9(3-1)11-6-10-7-5-8(7)12(14-10)15-11/h1-4,7-8H,5H2. The predicted octanol–water partition coefficient (Wildman–Crippen LogP) is 1.92. The van der Waals surface area contributed by atoms with Crippen molar-refractivity contribution in [1.29, 1.82) is 0 Å². The SMILES string of the molecule is [c]1c(-c2ccccn2)nc2nc1C1CC21. The molecule has 4 rings (SSSR count). The van der Waals surface area contributed by atoms with Crippen molar-refractivity contribution in [3.63, 3.8) is 0 Å². The molecule has 1 fully saturated rings. The molecule has 3 nitrogen and oxygen atoms in total. The smallest absolute Gasteiger partial charge is 0.133 e. The Morgan fingerprint density at radius 3 is 3.00 bits per heavy atom. The van der Waals surface area contributed by atoms with Gasteiger partial charge >= 0.3 is 0 Å². The summed E-state index contributed by atoms with van der Waals surface area (Å²) in [5.74, 6) is 2.20. The molecule has 3 heteroatoms. The summed E-state index contributed by atoms with van der Waals surface area (Å²) in [5.41, 5.74) is 2.83. The van der Waals surface area contributed by atoms with E-state index >= 15 is 0 Å². The van der Waals surface area contributed by atoms with Gasteiger partial charge in [-0.25, -0.2) is 9.97 Å². The highest BCUT2D eigenvalue weighted by Crippen LogP contribution is 2.57. The van der Waals surface area contributed by atoms with Crippen LogP contribution in [0.5, 0.6) is 0 Å². The van der Waals surface area contributed by atoms with Crippen LogP contribution in [-0.4, -0.2) is 15.0 Å². The Hall–Kier alpha value is -1.77. The minimum absolute atomic E-state index is 0.591. The Morgan fingerprint density at radius 1 is 1.20 bits per heavy atom. The molecule has 2 aromatic heterocycles. The van der Waals surface area contributed by atoms with Crippen molar-refractivity contribution in [1.82, 2.24) is 15.0 Å². The maximum atomic E-state index is 4.51. The van der Waals surface area contributed by atoms with Crippen LogP contribution in [0.25, 0.3) is 11.4 Å². The fourth-order valence-corrected chi connectivity index (χ4v) is 2.19. The second-order valence-electron chi connectivity index (χ2n) is 4.10. The average molecular weight is 194 g/mol. The van der Waals surface area contributed by atoms with Crippen LogP contribution in [0, 0.1) is 6.07 Å². The van der Waals surface area contributed by atoms with Gasteiger partial charge in [-0.15, -0.1) is 0 Å². The molecule has 2 aromatic rings. The van der Waals surface area contributed by atoms with Gasteiger partial charge < -0.3 is 0 Å². The molecule has 1 aliphatic heterocycles. The molecule has 0 spiro atoms. The van der Waals surface area contributed by atoms with Crippen LogP contribution in [0.3, 0.4) is 0 Å². The number of pyridine rings is 1. The number of aromatic nitrogens is 3. The van der Waals surface area contributed by atoms with Crippen LogP contribution in [0.1, 0.15) is 29.8 Å². The minimum atomic E-state index is 0.591. The summed E-state index contributed by atoms with van der Waals surface area (Å²) in [6.07, 6.45) is 3.00. The van der Waals surface area contributed by atoms with Crippen molar-refractivity contribution in [3.05, 3.63) is 42.0 Å². The number of rotatable bonds is 1. The third-order valence-corrected chi connectivity index (χ3v) is 3.09. The van der Waals surface area contributed by atoms with E-state index in [1.807, 2.05) is 18.2 Å². The summed E-state index contributed by atoms with van der Waals surface area (Å²) in [6.45, 7) is 0. The van der Waals surface area contributed by atoms with E-state index in [0.29, 0.717) is 11.8 Å². The zero-order valence-corrected chi connectivity index (χ0v) is 8.01. The Kier molecular flexibility index (Phi) is 1.21. The van der Waals surface area contributed by atoms with Crippen LogP contribution in [0.4, 0.5) is 0 Å². The van der Waals surface area contributed by atoms with Gasteiger partial charge in [-0.1, -0.05) is 6.07 Å². The topological polar surface area (TPSA) is 38.7 Å². The first kappa shape index (κ1) is 7.51. The molecular weight excluding hydrogens is 186 g/mol. The van der Waals surface area contributed by atoms with E-state index in [0.717, 1.165) is 22.9 Å². The third-order valence-electron chi connectivity index (χ3n) is 3.09. The zero-order chi connectivity index (χ0) is 9.83. The van der Waals surface area contributed by atoms with Gasteiger partial charge in [0.1, 0.15) is 11.5 Å². The minimum Gasteiger partial charge on any atom is -0.255 e. The lowest BCUT2D eigenvalue weighted by atomic mass is 10.2. The van der Waals surface area contributed by atoms with Gasteiger partial charge in [-0.3, -0.25) is 4.98 Å². The van der Waals surface area contributed by atoms with Gasteiger partial charge in [0.2, 0.25) is 0 Å². The lowest BCUT2D eigenvalue weighted by Gasteiger charge is -2.00. The molecule has 0 N–H and O–H groups in total. The van der Waals surface area contributed by atoms with E-state index in [4.69, 9.17) is 0 Å². The fraction of sp³-hybridized carbons (Fsp3) is 0.250. The summed E-state index contributed by atoms with van der Waals surface area (Å²) in [7, 11) is 0. The normalized spacial score (nSPS) is 25.1. The van der Waals surface area contributed by atoms with Crippen LogP contribution < -0.4 is 0 Å². The van der Waals surface area contributed by atoms with Crippen LogP contribution >= 0.6 is 0 Å². The molecule has 2 bridgehead atoms. The van der Waals surface area contributed by atoms with Crippen LogP contribution in [0.15, 0.2) is 24.4 Å². The van der Waals surface area contributed by atoms with Crippen LogP contribution in [0.2, 0.25) is 0 Å². The maximum Gasteiger partial charge on any atom is 0.133 e. The Balaban J connectivity index is 1.89. The Bertz CT molecular complexity index is 510. The highest BCUT2D eigenvalue weighted by Gasteiger charge is 2.48. The van der Waals surface area contributed by atoms with Crippen molar-refractivity contribution in [2.24, 2.45) is 0 Å². The lowest BCUT2D eigenvalue weighted by Crippen LogP contribution is -1.94. The maximum absolute atomic E-state index is 4.51. The highest BCUT2D eigenvalue weighted by atomic mass is 15.0. The lowest BCUT2D eigenvalue weighted by molar-refractivity contribution is 0.966. The number of hydrogen-bond donors (Lipinski definition) is 0. The molecule has 15 heavy (non-hydrogen) atoms. The third kappa shape index (κ3) is 0.975. The van der Waals surface area contributed by atoms with Crippen molar-refractivity contribution >= 4 is 0 Å². The van der Waals surface area contributed by atoms with Gasteiger partial charge in [0, 0.05) is 24.1 Å². The molecule has 3 heterocycles. The second kappa shape index (κ2) is 2.42. The number of nitrogens with zero attached hydrogens (tertiary/aromatic N) is 3. The van der Waals surface area contributed by atoms with E-state index in [1.54, 1.807) is 6.20 Å². The molecule has 0 aromatic carbocycles. The molecule has 71 valence electrons. The van der Waals surface area contributed by atoms with Gasteiger partial charge in [-0.05, 0) is 18.6 Å². The van der Waals surface area contributed by atoms with E-state index in [9.17, 15) is 0 Å². The number of fused-ring (bicyclic) bond motifs is 5. The highest BCUT2D eigenvalue weighted by molar-refractivity contribution is 5.55. The summed E-state index contributed by atoms with van der Waals surface area (Å²) in [6, 6.07) is 9.11. The molecule has 1 aliphatic carbocycles. The summed E-state index contributed by atoms with van der Waals surface area (Å²) >= 11 is 0. The number of hydrogen-bond acceptors (Lipinski definition) is 3. The molecule has 1 radical (unpaired) electrons. The first-order valence-corrected chi connectivity index (χ1v) is 5.14. The molecular formula is C12H8N3. The largest absolute Gasteiger partial charge is 0.255 e. The molecule has 1 saturated carbocycles. The first-order chi connectivity index (χ1) is 7.42. The monoisotopic (exact) mass is 194 g/mol. The Labute approximate surface area is 87.2 Å². The summed E-state index contributed by atoms with van der Waals surface area (Å²) < 4.78 is 0. The van der Waals surface area contributed by atoms with E-state index in [1.165, 1.54) is 6.42 Å². The van der Waals surface area contributed by atoms with Crippen LogP contribution in [-0.2, 0) is 0 Å². The van der Waals surface area contributed by atoms with E-state index < -0.39 is 0 Å². The fourth-order valence-electron chi connectivity index (χ4n) is 2.19. The van der Waals surface area contributed by atoms with Gasteiger partial charge in [0.15, 0.2) is 0 Å². The second-order valence-corrected chi connectivity index (χ2v) is 4.10. The summed E-state index contributed by atoms with van der Waals surface area (Å²) in [5, 5.41) is 0. The van der Waals surface area contributed by atoms with Gasteiger partial charge in [0.05, 0.1) is 11.4 Å². The van der Waals surface area contributed by atoms with Gasteiger partial charge in [-0.2, -0.15) is 0 Å². The summed E-state index contributed by atoms with van der Waals surface area (Å²) in [4.78, 5) is 13.2. The average Bonchev–Trinajstić information content (AvgIpc) is 3.05. The molecule has 0 amide bonds. The first-order valence-electron chi connectivity index (χ1n) is 5.14. The molecule has 2 unspecified atom stereocenters. The van der Waals surface area contributed by atoms with Gasteiger partial charge in [0.25, 0.3) is 0 Å². The van der Waals surface area contributed by atoms with Crippen molar-refractivity contribution in [2.45, 2.75) is 18.3 Å². The van der Waals surface area contributed by atoms with Crippen molar-refractivity contribution in [3.8, 4) is 11.4 Å². The van der Waals surface area contributed by atoms with E-state index in [-0.39, 0.29) is 0 Å². The predicted molar refractivity (Wildman–Crippen MR) is 54.2 cm³/mol. The molecule has 2 aliphatic rings. The Morgan fingerprint density at radius 2 is 2.20 bits per heavy atom. The van der Waals surface area contributed by atoms with E-state index in [2.05, 4.69) is 21.0 Å². The molecule has 2 atom stereocenters. The van der Waals surface area contributed by atoms with Crippen molar-refractivity contribution in [2.75, 3.05) is 0 Å². The molecule has 0 saturated heterocycles. The quantitative estimate of drug-likeness (QED) is 0.696. The van der Waals surface area contributed by atoms with Crippen molar-refractivity contribution < 1.29 is 0 Å². The zero-order valence-electron chi connectivity index (χ0n) is 8.01.